The van der Waals surface area contributed by atoms with Crippen molar-refractivity contribution in [2.45, 2.75) is 51.7 Å². The van der Waals surface area contributed by atoms with Crippen molar-refractivity contribution in [3.05, 3.63) is 29.3 Å². The van der Waals surface area contributed by atoms with Crippen LogP contribution in [0.3, 0.4) is 0 Å². The molecule has 1 amide bonds. The highest BCUT2D eigenvalue weighted by atomic mass is 32.2. The van der Waals surface area contributed by atoms with Crippen LogP contribution in [0.2, 0.25) is 0 Å². The second kappa shape index (κ2) is 8.51. The van der Waals surface area contributed by atoms with Crippen molar-refractivity contribution >= 4 is 21.7 Å². The van der Waals surface area contributed by atoms with Gasteiger partial charge in [-0.1, -0.05) is 6.07 Å². The minimum absolute atomic E-state index is 0.0330. The summed E-state index contributed by atoms with van der Waals surface area (Å²) in [6.07, 6.45) is 2.67. The molecule has 1 heterocycles. The first-order valence-corrected chi connectivity index (χ1v) is 11.6. The molecule has 1 aliphatic carbocycles. The number of nitrogens with zero attached hydrogens (tertiary/aromatic N) is 1. The molecule has 8 heteroatoms. The zero-order valence-corrected chi connectivity index (χ0v) is 17.2. The number of amides is 1. The normalized spacial score (nSPS) is 21.0. The third-order valence-electron chi connectivity index (χ3n) is 5.36. The van der Waals surface area contributed by atoms with Gasteiger partial charge in [0.2, 0.25) is 0 Å². The quantitative estimate of drug-likeness (QED) is 0.635. The third kappa shape index (κ3) is 4.84. The van der Waals surface area contributed by atoms with Crippen molar-refractivity contribution in [2.24, 2.45) is 0 Å². The molecule has 0 aromatic heterocycles. The van der Waals surface area contributed by atoms with E-state index in [1.165, 1.54) is 23.0 Å². The van der Waals surface area contributed by atoms with Crippen LogP contribution < -0.4 is 4.74 Å². The van der Waals surface area contributed by atoms with Gasteiger partial charge in [-0.15, -0.1) is 0 Å². The van der Waals surface area contributed by atoms with Gasteiger partial charge in [0, 0.05) is 12.6 Å². The van der Waals surface area contributed by atoms with Gasteiger partial charge in [0.15, 0.2) is 22.5 Å². The predicted octanol–water partition coefficient (Wildman–Crippen LogP) is 1.52. The largest absolute Gasteiger partial charge is 0.482 e. The fourth-order valence-corrected chi connectivity index (χ4v) is 5.64. The van der Waals surface area contributed by atoms with E-state index in [2.05, 4.69) is 0 Å². The number of benzene rings is 1. The molecule has 0 radical (unpaired) electrons. The van der Waals surface area contributed by atoms with Gasteiger partial charge in [-0.05, 0) is 62.8 Å². The average molecular weight is 410 g/mol. The summed E-state index contributed by atoms with van der Waals surface area (Å²) in [6.45, 7) is 3.38. The van der Waals surface area contributed by atoms with Crippen molar-refractivity contribution in [3.8, 4) is 5.75 Å². The van der Waals surface area contributed by atoms with E-state index in [1.54, 1.807) is 6.92 Å². The summed E-state index contributed by atoms with van der Waals surface area (Å²) in [5.74, 6) is -0.339. The first-order chi connectivity index (χ1) is 13.3. The molecule has 0 spiro atoms. The van der Waals surface area contributed by atoms with E-state index in [1.807, 2.05) is 18.2 Å². The Morgan fingerprint density at radius 3 is 2.68 bits per heavy atom. The van der Waals surface area contributed by atoms with Crippen LogP contribution in [0, 0.1) is 0 Å². The fraction of sp³-hybridized carbons (Fsp3) is 0.600. The van der Waals surface area contributed by atoms with Crippen molar-refractivity contribution in [3.63, 3.8) is 0 Å². The second-order valence-electron chi connectivity index (χ2n) is 7.39. The Balaban J connectivity index is 1.50. The Hall–Kier alpha value is -2.09. The van der Waals surface area contributed by atoms with E-state index < -0.39 is 21.9 Å². The number of hydrogen-bond acceptors (Lipinski definition) is 6. The molecule has 0 bridgehead atoms. The molecule has 1 fully saturated rings. The molecule has 2 aliphatic rings. The molecule has 28 heavy (non-hydrogen) atoms. The number of esters is 1. The number of carbonyl (C=O) groups is 2. The van der Waals surface area contributed by atoms with Gasteiger partial charge in [0.25, 0.3) is 5.91 Å². The van der Waals surface area contributed by atoms with E-state index in [0.717, 1.165) is 19.3 Å². The fourth-order valence-electron chi connectivity index (χ4n) is 3.91. The maximum atomic E-state index is 12.6. The van der Waals surface area contributed by atoms with Gasteiger partial charge in [-0.25, -0.2) is 13.2 Å². The summed E-state index contributed by atoms with van der Waals surface area (Å²) in [4.78, 5) is 26.2. The lowest BCUT2D eigenvalue weighted by molar-refractivity contribution is -0.161. The van der Waals surface area contributed by atoms with Crippen molar-refractivity contribution in [2.75, 3.05) is 24.7 Å². The molecule has 1 saturated heterocycles. The topological polar surface area (TPSA) is 90.0 Å². The highest BCUT2D eigenvalue weighted by Gasteiger charge is 2.36. The molecule has 0 N–H and O–H groups in total. The Bertz CT molecular complexity index is 850. The second-order valence-corrected chi connectivity index (χ2v) is 9.61. The predicted molar refractivity (Wildman–Crippen MR) is 104 cm³/mol. The Kier molecular flexibility index (Phi) is 6.27. The molecular weight excluding hydrogens is 382 g/mol. The Morgan fingerprint density at radius 1 is 1.25 bits per heavy atom. The summed E-state index contributed by atoms with van der Waals surface area (Å²) >= 11 is 0. The van der Waals surface area contributed by atoms with Gasteiger partial charge in [-0.2, -0.15) is 0 Å². The molecule has 7 nitrogen and oxygen atoms in total. The van der Waals surface area contributed by atoms with Crippen LogP contribution in [0.25, 0.3) is 0 Å². The van der Waals surface area contributed by atoms with Gasteiger partial charge in [0.05, 0.1) is 11.5 Å². The Morgan fingerprint density at radius 2 is 2.00 bits per heavy atom. The lowest BCUT2D eigenvalue weighted by atomic mass is 10.1. The smallest absolute Gasteiger partial charge is 0.344 e. The minimum Gasteiger partial charge on any atom is -0.482 e. The molecular formula is C20H27NO6S. The van der Waals surface area contributed by atoms with Crippen LogP contribution in [-0.2, 0) is 37.0 Å². The molecule has 0 unspecified atom stereocenters. The molecule has 1 aromatic carbocycles. The monoisotopic (exact) mass is 409 g/mol. The first kappa shape index (κ1) is 20.6. The van der Waals surface area contributed by atoms with Crippen LogP contribution in [-0.4, -0.2) is 62.0 Å². The Labute approximate surface area is 165 Å². The van der Waals surface area contributed by atoms with Crippen LogP contribution in [0.1, 0.15) is 37.8 Å². The first-order valence-electron chi connectivity index (χ1n) is 9.74. The van der Waals surface area contributed by atoms with Crippen molar-refractivity contribution in [1.82, 2.24) is 4.90 Å². The summed E-state index contributed by atoms with van der Waals surface area (Å²) in [7, 11) is -3.10. The molecule has 0 saturated carbocycles. The van der Waals surface area contributed by atoms with Crippen LogP contribution in [0.5, 0.6) is 5.75 Å². The lowest BCUT2D eigenvalue weighted by Crippen LogP contribution is -2.46. The van der Waals surface area contributed by atoms with E-state index in [9.17, 15) is 18.0 Å². The standard InChI is InChI=1S/C20H27NO6S/c1-3-21(17-9-10-28(24,25)13-17)20(23)14(2)27-19(22)12-26-18-8-7-15-5-4-6-16(15)11-18/h7-8,11,14,17H,3-6,9-10,12-13H2,1-2H3/t14-,17+/m0/s1. The van der Waals surface area contributed by atoms with Crippen LogP contribution in [0.4, 0.5) is 0 Å². The highest BCUT2D eigenvalue weighted by Crippen LogP contribution is 2.26. The summed E-state index contributed by atoms with van der Waals surface area (Å²) in [5, 5.41) is 0. The number of rotatable bonds is 7. The molecule has 154 valence electrons. The average Bonchev–Trinajstić information content (AvgIpc) is 3.26. The lowest BCUT2D eigenvalue weighted by Gasteiger charge is -2.29. The van der Waals surface area contributed by atoms with Crippen molar-refractivity contribution < 1.29 is 27.5 Å². The number of likely N-dealkylation sites (N-methyl/N-ethyl adjacent to an activating group) is 1. The van der Waals surface area contributed by atoms with E-state index >= 15 is 0 Å². The summed E-state index contributed by atoms with van der Waals surface area (Å²) < 4.78 is 34.1. The van der Waals surface area contributed by atoms with Gasteiger partial charge in [-0.3, -0.25) is 4.79 Å². The summed E-state index contributed by atoms with van der Waals surface area (Å²) in [6, 6.07) is 5.45. The number of carbonyl (C=O) groups excluding carboxylic acids is 2. The molecule has 2 atom stereocenters. The van der Waals surface area contributed by atoms with Crippen LogP contribution >= 0.6 is 0 Å². The zero-order valence-electron chi connectivity index (χ0n) is 16.3. The number of fused-ring (bicyclic) bond motifs is 1. The third-order valence-corrected chi connectivity index (χ3v) is 7.11. The number of ether oxygens (including phenoxy) is 2. The molecule has 1 aromatic rings. The van der Waals surface area contributed by atoms with Crippen LogP contribution in [0.15, 0.2) is 18.2 Å². The van der Waals surface area contributed by atoms with E-state index in [-0.39, 0.29) is 30.1 Å². The SMILES string of the molecule is CCN(C(=O)[C@H](C)OC(=O)COc1ccc2c(c1)CCC2)[C@@H]1CCS(=O)(=O)C1. The number of sulfone groups is 1. The van der Waals surface area contributed by atoms with Gasteiger partial charge >= 0.3 is 5.97 Å². The zero-order chi connectivity index (χ0) is 20.3. The maximum Gasteiger partial charge on any atom is 0.344 e. The summed E-state index contributed by atoms with van der Waals surface area (Å²) in [5.41, 5.74) is 2.57. The number of hydrogen-bond donors (Lipinski definition) is 0. The molecule has 1 aliphatic heterocycles. The maximum absolute atomic E-state index is 12.6. The number of aryl methyl sites for hydroxylation is 2. The highest BCUT2D eigenvalue weighted by molar-refractivity contribution is 7.91. The molecule has 3 rings (SSSR count). The van der Waals surface area contributed by atoms with E-state index in [4.69, 9.17) is 9.47 Å². The van der Waals surface area contributed by atoms with Gasteiger partial charge < -0.3 is 14.4 Å². The van der Waals surface area contributed by atoms with Crippen molar-refractivity contribution in [1.29, 1.82) is 0 Å². The van der Waals surface area contributed by atoms with Gasteiger partial charge in [0.1, 0.15) is 5.75 Å². The minimum atomic E-state index is -3.10. The van der Waals surface area contributed by atoms with E-state index in [0.29, 0.717) is 18.7 Å².